The first-order valence-corrected chi connectivity index (χ1v) is 6.30. The summed E-state index contributed by atoms with van der Waals surface area (Å²) >= 11 is 3.06. The van der Waals surface area contributed by atoms with Gasteiger partial charge in [0, 0.05) is 6.07 Å². The van der Waals surface area contributed by atoms with Gasteiger partial charge < -0.3 is 10.5 Å². The largest absolute Gasteiger partial charge is 0.456 e. The van der Waals surface area contributed by atoms with Gasteiger partial charge in [0.2, 0.25) is 0 Å². The Morgan fingerprint density at radius 2 is 2.00 bits per heavy atom. The third-order valence-corrected chi connectivity index (χ3v) is 3.16. The molecule has 0 heterocycles. The Morgan fingerprint density at radius 3 is 2.63 bits per heavy atom. The molecule has 2 N–H and O–H groups in total. The van der Waals surface area contributed by atoms with Crippen LogP contribution in [0.5, 0.6) is 11.5 Å². The second kappa shape index (κ2) is 5.40. The standard InChI is InChI=1S/C14H11BrFNO2/c1-8-2-4-10(14(17)18)13(6-8)19-9-3-5-11(15)12(16)7-9/h2-7H,1H3,(H2,17,18). The highest BCUT2D eigenvalue weighted by Crippen LogP contribution is 2.28. The summed E-state index contributed by atoms with van der Waals surface area (Å²) in [6.45, 7) is 1.86. The zero-order valence-corrected chi connectivity index (χ0v) is 11.7. The third-order valence-electron chi connectivity index (χ3n) is 2.52. The summed E-state index contributed by atoms with van der Waals surface area (Å²) in [5, 5.41) is 0. The molecule has 0 spiro atoms. The molecule has 98 valence electrons. The molecule has 0 aromatic heterocycles. The van der Waals surface area contributed by atoms with Gasteiger partial charge in [0.1, 0.15) is 17.3 Å². The van der Waals surface area contributed by atoms with Crippen LogP contribution in [0, 0.1) is 12.7 Å². The number of halogens is 2. The van der Waals surface area contributed by atoms with Crippen molar-refractivity contribution in [1.82, 2.24) is 0 Å². The lowest BCUT2D eigenvalue weighted by atomic mass is 10.1. The number of benzene rings is 2. The highest BCUT2D eigenvalue weighted by Gasteiger charge is 2.11. The smallest absolute Gasteiger partial charge is 0.252 e. The van der Waals surface area contributed by atoms with Gasteiger partial charge in [-0.25, -0.2) is 4.39 Å². The predicted molar refractivity (Wildman–Crippen MR) is 73.9 cm³/mol. The molecule has 1 amide bonds. The summed E-state index contributed by atoms with van der Waals surface area (Å²) in [7, 11) is 0. The van der Waals surface area contributed by atoms with Crippen LogP contribution in [0.1, 0.15) is 15.9 Å². The van der Waals surface area contributed by atoms with Crippen molar-refractivity contribution in [2.75, 3.05) is 0 Å². The van der Waals surface area contributed by atoms with E-state index in [9.17, 15) is 9.18 Å². The molecule has 0 atom stereocenters. The summed E-state index contributed by atoms with van der Waals surface area (Å²) in [4.78, 5) is 11.3. The zero-order valence-electron chi connectivity index (χ0n) is 10.1. The van der Waals surface area contributed by atoms with E-state index < -0.39 is 11.7 Å². The minimum absolute atomic E-state index is 0.258. The molecule has 0 saturated heterocycles. The number of amides is 1. The SMILES string of the molecule is Cc1ccc(C(N)=O)c(Oc2ccc(Br)c(F)c2)c1. The van der Waals surface area contributed by atoms with E-state index in [-0.39, 0.29) is 5.56 Å². The van der Waals surface area contributed by atoms with Crippen LogP contribution >= 0.6 is 15.9 Å². The van der Waals surface area contributed by atoms with E-state index >= 15 is 0 Å². The van der Waals surface area contributed by atoms with Gasteiger partial charge in [-0.15, -0.1) is 0 Å². The van der Waals surface area contributed by atoms with E-state index in [1.165, 1.54) is 12.1 Å². The van der Waals surface area contributed by atoms with Crippen molar-refractivity contribution >= 4 is 21.8 Å². The Balaban J connectivity index is 2.39. The van der Waals surface area contributed by atoms with Gasteiger partial charge in [-0.1, -0.05) is 6.07 Å². The fourth-order valence-corrected chi connectivity index (χ4v) is 1.83. The van der Waals surface area contributed by atoms with Crippen LogP contribution in [0.4, 0.5) is 4.39 Å². The Morgan fingerprint density at radius 1 is 1.26 bits per heavy atom. The Labute approximate surface area is 118 Å². The highest BCUT2D eigenvalue weighted by molar-refractivity contribution is 9.10. The number of carbonyl (C=O) groups excluding carboxylic acids is 1. The molecule has 0 aliphatic carbocycles. The van der Waals surface area contributed by atoms with Gasteiger partial charge >= 0.3 is 0 Å². The Bertz CT molecular complexity index is 643. The Kier molecular flexibility index (Phi) is 3.85. The predicted octanol–water partition coefficient (Wildman–Crippen LogP) is 3.79. The molecule has 0 radical (unpaired) electrons. The number of nitrogens with two attached hydrogens (primary N) is 1. The number of rotatable bonds is 3. The van der Waals surface area contributed by atoms with Crippen LogP contribution in [-0.4, -0.2) is 5.91 Å². The van der Waals surface area contributed by atoms with E-state index in [0.29, 0.717) is 16.0 Å². The average Bonchev–Trinajstić information content (AvgIpc) is 2.33. The maximum atomic E-state index is 13.4. The third kappa shape index (κ3) is 3.12. The summed E-state index contributed by atoms with van der Waals surface area (Å²) in [5.41, 5.74) is 6.44. The monoisotopic (exact) mass is 323 g/mol. The first-order valence-electron chi connectivity index (χ1n) is 5.51. The topological polar surface area (TPSA) is 52.3 Å². The summed E-state index contributed by atoms with van der Waals surface area (Å²) < 4.78 is 19.3. The number of hydrogen-bond donors (Lipinski definition) is 1. The van der Waals surface area contributed by atoms with Crippen LogP contribution in [0.15, 0.2) is 40.9 Å². The molecular weight excluding hydrogens is 313 g/mol. The van der Waals surface area contributed by atoms with E-state index in [1.54, 1.807) is 24.3 Å². The van der Waals surface area contributed by atoms with Crippen molar-refractivity contribution in [3.8, 4) is 11.5 Å². The molecule has 2 aromatic rings. The quantitative estimate of drug-likeness (QED) is 0.934. The van der Waals surface area contributed by atoms with Crippen LogP contribution in [-0.2, 0) is 0 Å². The van der Waals surface area contributed by atoms with Gasteiger partial charge in [0.05, 0.1) is 10.0 Å². The van der Waals surface area contributed by atoms with Gasteiger partial charge in [-0.05, 0) is 52.7 Å². The minimum Gasteiger partial charge on any atom is -0.456 e. The molecule has 0 saturated carbocycles. The molecule has 0 aliphatic heterocycles. The summed E-state index contributed by atoms with van der Waals surface area (Å²) in [6.07, 6.45) is 0. The van der Waals surface area contributed by atoms with Crippen molar-refractivity contribution in [3.05, 3.63) is 57.8 Å². The maximum absolute atomic E-state index is 13.4. The lowest BCUT2D eigenvalue weighted by Gasteiger charge is -2.10. The van der Waals surface area contributed by atoms with Crippen LogP contribution < -0.4 is 10.5 Å². The number of aryl methyl sites for hydroxylation is 1. The van der Waals surface area contributed by atoms with Gasteiger partial charge in [0.25, 0.3) is 5.91 Å². The van der Waals surface area contributed by atoms with E-state index in [2.05, 4.69) is 15.9 Å². The molecule has 0 bridgehead atoms. The summed E-state index contributed by atoms with van der Waals surface area (Å²) in [6, 6.07) is 9.39. The zero-order chi connectivity index (χ0) is 14.0. The van der Waals surface area contributed by atoms with Gasteiger partial charge in [-0.3, -0.25) is 4.79 Å². The van der Waals surface area contributed by atoms with Gasteiger partial charge in [0.15, 0.2) is 0 Å². The number of carbonyl (C=O) groups is 1. The summed E-state index contributed by atoms with van der Waals surface area (Å²) in [5.74, 6) is -0.415. The van der Waals surface area contributed by atoms with Crippen molar-refractivity contribution < 1.29 is 13.9 Å². The first-order chi connectivity index (χ1) is 8.97. The molecule has 2 aromatic carbocycles. The van der Waals surface area contributed by atoms with Crippen LogP contribution in [0.25, 0.3) is 0 Å². The second-order valence-corrected chi connectivity index (χ2v) is 4.90. The Hall–Kier alpha value is -1.88. The molecule has 19 heavy (non-hydrogen) atoms. The van der Waals surface area contributed by atoms with Crippen molar-refractivity contribution in [1.29, 1.82) is 0 Å². The normalized spacial score (nSPS) is 10.3. The van der Waals surface area contributed by atoms with Crippen LogP contribution in [0.2, 0.25) is 0 Å². The minimum atomic E-state index is -0.590. The highest BCUT2D eigenvalue weighted by atomic mass is 79.9. The first kappa shape index (κ1) is 13.5. The molecule has 0 aliphatic rings. The molecule has 5 heteroatoms. The number of hydrogen-bond acceptors (Lipinski definition) is 2. The molecule has 3 nitrogen and oxygen atoms in total. The van der Waals surface area contributed by atoms with E-state index in [0.717, 1.165) is 5.56 Å². The van der Waals surface area contributed by atoms with E-state index in [1.807, 2.05) is 6.92 Å². The van der Waals surface area contributed by atoms with Crippen molar-refractivity contribution in [3.63, 3.8) is 0 Å². The van der Waals surface area contributed by atoms with Crippen molar-refractivity contribution in [2.24, 2.45) is 5.73 Å². The fraction of sp³-hybridized carbons (Fsp3) is 0.0714. The second-order valence-electron chi connectivity index (χ2n) is 4.04. The molecule has 0 unspecified atom stereocenters. The van der Waals surface area contributed by atoms with E-state index in [4.69, 9.17) is 10.5 Å². The van der Waals surface area contributed by atoms with Gasteiger partial charge in [-0.2, -0.15) is 0 Å². The number of primary amides is 1. The lowest BCUT2D eigenvalue weighted by molar-refractivity contribution is 0.0998. The average molecular weight is 324 g/mol. The molecular formula is C14H11BrFNO2. The molecule has 2 rings (SSSR count). The molecule has 0 fully saturated rings. The van der Waals surface area contributed by atoms with Crippen molar-refractivity contribution in [2.45, 2.75) is 6.92 Å². The lowest BCUT2D eigenvalue weighted by Crippen LogP contribution is -2.12. The maximum Gasteiger partial charge on any atom is 0.252 e. The fourth-order valence-electron chi connectivity index (χ4n) is 1.58. The van der Waals surface area contributed by atoms with Crippen LogP contribution in [0.3, 0.4) is 0 Å². The number of ether oxygens (including phenoxy) is 1.